The molecule has 1 atom stereocenters. The minimum atomic E-state index is -0.317. The van der Waals surface area contributed by atoms with Gasteiger partial charge in [-0.15, -0.1) is 0 Å². The third kappa shape index (κ3) is 6.17. The van der Waals surface area contributed by atoms with Gasteiger partial charge in [0.05, 0.1) is 13.2 Å². The first-order valence-corrected chi connectivity index (χ1v) is 9.85. The van der Waals surface area contributed by atoms with E-state index in [1.807, 2.05) is 31.2 Å². The highest BCUT2D eigenvalue weighted by atomic mass is 19.1. The molecule has 3 rings (SSSR count). The first-order valence-electron chi connectivity index (χ1n) is 9.85. The zero-order valence-electron chi connectivity index (χ0n) is 16.9. The molecule has 0 unspecified atom stereocenters. The highest BCUT2D eigenvalue weighted by molar-refractivity contribution is 5.94. The lowest BCUT2D eigenvalue weighted by Gasteiger charge is -2.37. The Morgan fingerprint density at radius 3 is 2.28 bits per heavy atom. The molecule has 0 aliphatic carbocycles. The van der Waals surface area contributed by atoms with Crippen molar-refractivity contribution in [1.82, 2.24) is 9.80 Å². The number of carbonyl (C=O) groups excluding carboxylic acids is 1. The standard InChI is InChI=1S/C22H28FN3O3/c1-17(22(27)24-19-5-3-18(23)4-6-19)26-13-11-25(12-14-26)15-16-29-21-9-7-20(28-2)8-10-21/h3-10,17H,11-16H2,1-2H3,(H,24,27)/t17-/m0/s1. The summed E-state index contributed by atoms with van der Waals surface area (Å²) < 4.78 is 23.9. The summed E-state index contributed by atoms with van der Waals surface area (Å²) in [6, 6.07) is 13.1. The Balaban J connectivity index is 1.37. The number of carbonyl (C=O) groups is 1. The quantitative estimate of drug-likeness (QED) is 0.737. The minimum absolute atomic E-state index is 0.0760. The molecule has 1 heterocycles. The number of benzene rings is 2. The lowest BCUT2D eigenvalue weighted by molar-refractivity contribution is -0.121. The van der Waals surface area contributed by atoms with E-state index in [9.17, 15) is 9.18 Å². The number of hydrogen-bond donors (Lipinski definition) is 1. The van der Waals surface area contributed by atoms with Gasteiger partial charge in [-0.05, 0) is 55.5 Å². The predicted molar refractivity (Wildman–Crippen MR) is 111 cm³/mol. The van der Waals surface area contributed by atoms with E-state index in [0.717, 1.165) is 44.2 Å². The molecule has 2 aromatic carbocycles. The van der Waals surface area contributed by atoms with Crippen LogP contribution in [-0.2, 0) is 4.79 Å². The van der Waals surface area contributed by atoms with Crippen molar-refractivity contribution in [2.45, 2.75) is 13.0 Å². The number of methoxy groups -OCH3 is 1. The van der Waals surface area contributed by atoms with Crippen LogP contribution < -0.4 is 14.8 Å². The second-order valence-corrected chi connectivity index (χ2v) is 7.07. The fourth-order valence-corrected chi connectivity index (χ4v) is 3.28. The van der Waals surface area contributed by atoms with E-state index in [1.54, 1.807) is 19.2 Å². The number of hydrogen-bond acceptors (Lipinski definition) is 5. The molecule has 6 nitrogen and oxygen atoms in total. The van der Waals surface area contributed by atoms with E-state index >= 15 is 0 Å². The van der Waals surface area contributed by atoms with Crippen LogP contribution in [0.1, 0.15) is 6.92 Å². The van der Waals surface area contributed by atoms with Gasteiger partial charge in [-0.2, -0.15) is 0 Å². The van der Waals surface area contributed by atoms with E-state index in [1.165, 1.54) is 12.1 Å². The zero-order chi connectivity index (χ0) is 20.6. The first kappa shape index (κ1) is 21.1. The molecule has 1 aliphatic heterocycles. The SMILES string of the molecule is COc1ccc(OCCN2CCN([C@@H](C)C(=O)Nc3ccc(F)cc3)CC2)cc1. The molecule has 0 saturated carbocycles. The second kappa shape index (κ2) is 10.2. The summed E-state index contributed by atoms with van der Waals surface area (Å²) in [4.78, 5) is 17.0. The molecule has 1 fully saturated rings. The van der Waals surface area contributed by atoms with Crippen molar-refractivity contribution in [2.24, 2.45) is 0 Å². The summed E-state index contributed by atoms with van der Waals surface area (Å²) in [6.07, 6.45) is 0. The van der Waals surface area contributed by atoms with Gasteiger partial charge in [0.2, 0.25) is 5.91 Å². The Morgan fingerprint density at radius 2 is 1.66 bits per heavy atom. The molecule has 0 aromatic heterocycles. The van der Waals surface area contributed by atoms with Gasteiger partial charge in [-0.25, -0.2) is 4.39 Å². The maximum absolute atomic E-state index is 13.0. The summed E-state index contributed by atoms with van der Waals surface area (Å²) >= 11 is 0. The number of rotatable bonds is 8. The fraction of sp³-hybridized carbons (Fsp3) is 0.409. The van der Waals surface area contributed by atoms with Gasteiger partial charge in [0.1, 0.15) is 23.9 Å². The Labute approximate surface area is 171 Å². The molecule has 0 bridgehead atoms. The largest absolute Gasteiger partial charge is 0.497 e. The third-order valence-corrected chi connectivity index (χ3v) is 5.18. The summed E-state index contributed by atoms with van der Waals surface area (Å²) in [7, 11) is 1.64. The van der Waals surface area contributed by atoms with Crippen LogP contribution >= 0.6 is 0 Å². The van der Waals surface area contributed by atoms with Crippen LogP contribution in [0.15, 0.2) is 48.5 Å². The van der Waals surface area contributed by atoms with Crippen molar-refractivity contribution >= 4 is 11.6 Å². The molecule has 156 valence electrons. The Hall–Kier alpha value is -2.64. The van der Waals surface area contributed by atoms with Crippen molar-refractivity contribution in [1.29, 1.82) is 0 Å². The zero-order valence-corrected chi connectivity index (χ0v) is 16.9. The Kier molecular flexibility index (Phi) is 7.43. The molecule has 0 spiro atoms. The van der Waals surface area contributed by atoms with Crippen molar-refractivity contribution in [3.8, 4) is 11.5 Å². The van der Waals surface area contributed by atoms with Gasteiger partial charge in [0, 0.05) is 38.4 Å². The topological polar surface area (TPSA) is 54.0 Å². The van der Waals surface area contributed by atoms with Gasteiger partial charge in [0.15, 0.2) is 0 Å². The van der Waals surface area contributed by atoms with E-state index in [-0.39, 0.29) is 17.8 Å². The third-order valence-electron chi connectivity index (χ3n) is 5.18. The number of halogens is 1. The number of amides is 1. The van der Waals surface area contributed by atoms with Crippen molar-refractivity contribution < 1.29 is 18.7 Å². The normalized spacial score (nSPS) is 16.2. The molecular weight excluding hydrogens is 373 g/mol. The summed E-state index contributed by atoms with van der Waals surface area (Å²) in [5.41, 5.74) is 0.609. The maximum atomic E-state index is 13.0. The molecule has 0 radical (unpaired) electrons. The van der Waals surface area contributed by atoms with Gasteiger partial charge >= 0.3 is 0 Å². The average Bonchev–Trinajstić information content (AvgIpc) is 2.76. The number of nitrogens with one attached hydrogen (secondary N) is 1. The fourth-order valence-electron chi connectivity index (χ4n) is 3.28. The van der Waals surface area contributed by atoms with E-state index in [0.29, 0.717) is 12.3 Å². The number of nitrogens with zero attached hydrogens (tertiary/aromatic N) is 2. The molecular formula is C22H28FN3O3. The van der Waals surface area contributed by atoms with E-state index in [4.69, 9.17) is 9.47 Å². The molecule has 2 aromatic rings. The molecule has 29 heavy (non-hydrogen) atoms. The summed E-state index contributed by atoms with van der Waals surface area (Å²) in [5, 5.41) is 2.85. The minimum Gasteiger partial charge on any atom is -0.497 e. The molecule has 1 N–H and O–H groups in total. The monoisotopic (exact) mass is 401 g/mol. The molecule has 1 aliphatic rings. The number of piperazine rings is 1. The maximum Gasteiger partial charge on any atom is 0.241 e. The van der Waals surface area contributed by atoms with Crippen LogP contribution in [0.3, 0.4) is 0 Å². The Bertz CT molecular complexity index is 775. The van der Waals surface area contributed by atoms with Crippen LogP contribution in [0.25, 0.3) is 0 Å². The number of ether oxygens (including phenoxy) is 2. The molecule has 1 amide bonds. The van der Waals surface area contributed by atoms with Crippen LogP contribution in [0.5, 0.6) is 11.5 Å². The van der Waals surface area contributed by atoms with Crippen molar-refractivity contribution in [2.75, 3.05) is 51.8 Å². The Morgan fingerprint density at radius 1 is 1.03 bits per heavy atom. The van der Waals surface area contributed by atoms with Crippen LogP contribution in [0.4, 0.5) is 10.1 Å². The van der Waals surface area contributed by atoms with E-state index < -0.39 is 0 Å². The van der Waals surface area contributed by atoms with Crippen LogP contribution in [0.2, 0.25) is 0 Å². The van der Waals surface area contributed by atoms with Crippen molar-refractivity contribution in [3.05, 3.63) is 54.3 Å². The highest BCUT2D eigenvalue weighted by Crippen LogP contribution is 2.17. The van der Waals surface area contributed by atoms with Crippen LogP contribution in [0, 0.1) is 5.82 Å². The average molecular weight is 401 g/mol. The lowest BCUT2D eigenvalue weighted by atomic mass is 10.2. The predicted octanol–water partition coefficient (Wildman–Crippen LogP) is 2.86. The van der Waals surface area contributed by atoms with Gasteiger partial charge < -0.3 is 14.8 Å². The highest BCUT2D eigenvalue weighted by Gasteiger charge is 2.25. The van der Waals surface area contributed by atoms with Crippen molar-refractivity contribution in [3.63, 3.8) is 0 Å². The smallest absolute Gasteiger partial charge is 0.241 e. The molecule has 7 heteroatoms. The van der Waals surface area contributed by atoms with Gasteiger partial charge in [0.25, 0.3) is 0 Å². The lowest BCUT2D eigenvalue weighted by Crippen LogP contribution is -2.53. The number of anilines is 1. The first-order chi connectivity index (χ1) is 14.0. The van der Waals surface area contributed by atoms with Gasteiger partial charge in [-0.1, -0.05) is 0 Å². The molecule has 1 saturated heterocycles. The van der Waals surface area contributed by atoms with Gasteiger partial charge in [-0.3, -0.25) is 14.6 Å². The second-order valence-electron chi connectivity index (χ2n) is 7.07. The van der Waals surface area contributed by atoms with Crippen LogP contribution in [-0.4, -0.2) is 68.2 Å². The summed E-state index contributed by atoms with van der Waals surface area (Å²) in [6.45, 7) is 6.78. The van der Waals surface area contributed by atoms with E-state index in [2.05, 4.69) is 15.1 Å². The summed E-state index contributed by atoms with van der Waals surface area (Å²) in [5.74, 6) is 1.25.